The average Bonchev–Trinajstić information content (AvgIpc) is 2.39. The molecular weight excluding hydrogens is 240 g/mol. The normalized spacial score (nSPS) is 19.7. The molecule has 0 saturated carbocycles. The van der Waals surface area contributed by atoms with Crippen LogP contribution in [0, 0.1) is 11.6 Å². The largest absolute Gasteiger partial charge is 0.493 e. The first kappa shape index (κ1) is 13.1. The summed E-state index contributed by atoms with van der Waals surface area (Å²) in [6.45, 7) is 1.61. The molecule has 0 aliphatic carbocycles. The van der Waals surface area contributed by atoms with E-state index in [9.17, 15) is 8.78 Å². The average molecular weight is 257 g/mol. The Kier molecular flexibility index (Phi) is 4.01. The van der Waals surface area contributed by atoms with Gasteiger partial charge in [0.05, 0.1) is 14.2 Å². The Balaban J connectivity index is 2.52. The molecule has 5 heteroatoms. The molecule has 1 aromatic carbocycles. The van der Waals surface area contributed by atoms with Gasteiger partial charge in [0.2, 0.25) is 0 Å². The summed E-state index contributed by atoms with van der Waals surface area (Å²) >= 11 is 0. The van der Waals surface area contributed by atoms with E-state index in [0.717, 1.165) is 25.5 Å². The Hall–Kier alpha value is -1.36. The van der Waals surface area contributed by atoms with Crippen LogP contribution in [0.4, 0.5) is 8.78 Å². The van der Waals surface area contributed by atoms with Crippen LogP contribution in [0.1, 0.15) is 24.3 Å². The number of piperidine rings is 1. The minimum atomic E-state index is -0.684. The van der Waals surface area contributed by atoms with Gasteiger partial charge in [-0.25, -0.2) is 8.78 Å². The van der Waals surface area contributed by atoms with Crippen molar-refractivity contribution in [3.05, 3.63) is 23.3 Å². The van der Waals surface area contributed by atoms with Crippen molar-refractivity contribution >= 4 is 0 Å². The molecule has 18 heavy (non-hydrogen) atoms. The van der Waals surface area contributed by atoms with Crippen LogP contribution in [0.25, 0.3) is 0 Å². The second kappa shape index (κ2) is 5.52. The lowest BCUT2D eigenvalue weighted by atomic mass is 9.90. The fourth-order valence-corrected chi connectivity index (χ4v) is 2.49. The van der Waals surface area contributed by atoms with E-state index in [-0.39, 0.29) is 17.4 Å². The molecule has 1 fully saturated rings. The minimum absolute atomic E-state index is 0.00819. The van der Waals surface area contributed by atoms with E-state index in [0.29, 0.717) is 12.1 Å². The van der Waals surface area contributed by atoms with Crippen molar-refractivity contribution in [2.45, 2.75) is 18.8 Å². The maximum Gasteiger partial charge on any atom is 0.168 e. The fourth-order valence-electron chi connectivity index (χ4n) is 2.49. The van der Waals surface area contributed by atoms with Crippen LogP contribution in [0.3, 0.4) is 0 Å². The predicted molar refractivity (Wildman–Crippen MR) is 64.3 cm³/mol. The zero-order valence-electron chi connectivity index (χ0n) is 10.6. The lowest BCUT2D eigenvalue weighted by molar-refractivity contribution is 0.334. The first-order valence-electron chi connectivity index (χ1n) is 5.99. The van der Waals surface area contributed by atoms with E-state index < -0.39 is 11.6 Å². The van der Waals surface area contributed by atoms with Crippen molar-refractivity contribution in [1.82, 2.24) is 5.32 Å². The Morgan fingerprint density at radius 3 is 2.22 bits per heavy atom. The number of hydrogen-bond donors (Lipinski definition) is 1. The van der Waals surface area contributed by atoms with Crippen molar-refractivity contribution in [3.63, 3.8) is 0 Å². The van der Waals surface area contributed by atoms with Gasteiger partial charge in [0.25, 0.3) is 0 Å². The Morgan fingerprint density at radius 1 is 1.17 bits per heavy atom. The van der Waals surface area contributed by atoms with Gasteiger partial charge >= 0.3 is 0 Å². The highest BCUT2D eigenvalue weighted by Crippen LogP contribution is 2.41. The van der Waals surface area contributed by atoms with Crippen LogP contribution in [-0.4, -0.2) is 27.3 Å². The fraction of sp³-hybridized carbons (Fsp3) is 0.538. The molecule has 1 aromatic rings. The van der Waals surface area contributed by atoms with Gasteiger partial charge in [-0.2, -0.15) is 0 Å². The summed E-state index contributed by atoms with van der Waals surface area (Å²) in [6, 6.07) is 0.803. The molecule has 1 atom stereocenters. The molecule has 1 aliphatic rings. The maximum absolute atomic E-state index is 13.7. The van der Waals surface area contributed by atoms with Crippen LogP contribution in [0.15, 0.2) is 6.07 Å². The van der Waals surface area contributed by atoms with Crippen LogP contribution in [0.2, 0.25) is 0 Å². The first-order valence-corrected chi connectivity index (χ1v) is 5.99. The smallest absolute Gasteiger partial charge is 0.168 e. The Morgan fingerprint density at radius 2 is 1.78 bits per heavy atom. The van der Waals surface area contributed by atoms with Crippen LogP contribution in [-0.2, 0) is 0 Å². The van der Waals surface area contributed by atoms with Gasteiger partial charge in [-0.1, -0.05) is 0 Å². The SMILES string of the molecule is COc1c(F)cc(F)c(OC)c1C1CCCNC1. The molecule has 1 unspecified atom stereocenters. The monoisotopic (exact) mass is 257 g/mol. The van der Waals surface area contributed by atoms with E-state index in [1.54, 1.807) is 0 Å². The number of rotatable bonds is 3. The summed E-state index contributed by atoms with van der Waals surface area (Å²) in [5.74, 6) is -1.19. The van der Waals surface area contributed by atoms with E-state index >= 15 is 0 Å². The highest BCUT2D eigenvalue weighted by molar-refractivity contribution is 5.49. The third-order valence-corrected chi connectivity index (χ3v) is 3.29. The van der Waals surface area contributed by atoms with Crippen molar-refractivity contribution in [2.75, 3.05) is 27.3 Å². The zero-order valence-corrected chi connectivity index (χ0v) is 10.6. The molecule has 2 rings (SSSR count). The molecule has 0 aromatic heterocycles. The number of halogens is 2. The van der Waals surface area contributed by atoms with Gasteiger partial charge < -0.3 is 14.8 Å². The highest BCUT2D eigenvalue weighted by atomic mass is 19.1. The number of hydrogen-bond acceptors (Lipinski definition) is 3. The number of ether oxygens (including phenoxy) is 2. The Bertz CT molecular complexity index is 403. The van der Waals surface area contributed by atoms with Crippen molar-refractivity contribution in [1.29, 1.82) is 0 Å². The number of benzene rings is 1. The third-order valence-electron chi connectivity index (χ3n) is 3.29. The molecule has 0 amide bonds. The summed E-state index contributed by atoms with van der Waals surface area (Å²) in [7, 11) is 2.77. The quantitative estimate of drug-likeness (QED) is 0.902. The van der Waals surface area contributed by atoms with E-state index in [4.69, 9.17) is 9.47 Å². The maximum atomic E-state index is 13.7. The first-order chi connectivity index (χ1) is 8.69. The molecule has 0 radical (unpaired) electrons. The molecular formula is C13H17F2NO2. The Labute approximate surface area is 105 Å². The predicted octanol–water partition coefficient (Wildman–Crippen LogP) is 2.45. The van der Waals surface area contributed by atoms with Crippen LogP contribution < -0.4 is 14.8 Å². The molecule has 1 N–H and O–H groups in total. The van der Waals surface area contributed by atoms with Crippen LogP contribution >= 0.6 is 0 Å². The van der Waals surface area contributed by atoms with E-state index in [1.807, 2.05) is 0 Å². The number of nitrogens with one attached hydrogen (secondary N) is 1. The van der Waals surface area contributed by atoms with E-state index in [1.165, 1.54) is 14.2 Å². The topological polar surface area (TPSA) is 30.5 Å². The van der Waals surface area contributed by atoms with Crippen molar-refractivity contribution < 1.29 is 18.3 Å². The summed E-state index contributed by atoms with van der Waals surface area (Å²) < 4.78 is 37.6. The van der Waals surface area contributed by atoms with E-state index in [2.05, 4.69) is 5.32 Å². The third kappa shape index (κ3) is 2.27. The molecule has 100 valence electrons. The lowest BCUT2D eigenvalue weighted by Gasteiger charge is -2.26. The van der Waals surface area contributed by atoms with Gasteiger partial charge in [-0.3, -0.25) is 0 Å². The molecule has 3 nitrogen and oxygen atoms in total. The van der Waals surface area contributed by atoms with Gasteiger partial charge in [0.15, 0.2) is 23.1 Å². The second-order valence-electron chi connectivity index (χ2n) is 4.36. The molecule has 1 aliphatic heterocycles. The highest BCUT2D eigenvalue weighted by Gasteiger charge is 2.28. The summed E-state index contributed by atoms with van der Waals surface area (Å²) in [5, 5.41) is 3.22. The molecule has 1 saturated heterocycles. The minimum Gasteiger partial charge on any atom is -0.493 e. The van der Waals surface area contributed by atoms with Crippen LogP contribution in [0.5, 0.6) is 11.5 Å². The van der Waals surface area contributed by atoms with Gasteiger partial charge in [0.1, 0.15) is 0 Å². The standard InChI is InChI=1S/C13H17F2NO2/c1-17-12-9(14)6-10(15)13(18-2)11(12)8-4-3-5-16-7-8/h6,8,16H,3-5,7H2,1-2H3. The lowest BCUT2D eigenvalue weighted by Crippen LogP contribution is -2.29. The summed E-state index contributed by atoms with van der Waals surface area (Å²) in [4.78, 5) is 0. The zero-order chi connectivity index (χ0) is 13.1. The molecule has 0 bridgehead atoms. The summed E-state index contributed by atoms with van der Waals surface area (Å²) in [6.07, 6.45) is 1.83. The second-order valence-corrected chi connectivity index (χ2v) is 4.36. The van der Waals surface area contributed by atoms with Gasteiger partial charge in [0, 0.05) is 24.1 Å². The summed E-state index contributed by atoms with van der Waals surface area (Å²) in [5.41, 5.74) is 0.490. The number of methoxy groups -OCH3 is 2. The van der Waals surface area contributed by atoms with Gasteiger partial charge in [-0.05, 0) is 19.4 Å². The van der Waals surface area contributed by atoms with Crippen molar-refractivity contribution in [3.8, 4) is 11.5 Å². The van der Waals surface area contributed by atoms with Crippen molar-refractivity contribution in [2.24, 2.45) is 0 Å². The molecule has 0 spiro atoms. The molecule has 1 heterocycles. The van der Waals surface area contributed by atoms with Gasteiger partial charge in [-0.15, -0.1) is 0 Å².